The largest absolute Gasteiger partial charge is 0.379 e. The molecule has 0 saturated carbocycles. The lowest BCUT2D eigenvalue weighted by molar-refractivity contribution is -0.158. The quantitative estimate of drug-likeness (QED) is 0.530. The highest BCUT2D eigenvalue weighted by Crippen LogP contribution is 2.22. The van der Waals surface area contributed by atoms with E-state index < -0.39 is 11.8 Å². The van der Waals surface area contributed by atoms with Crippen LogP contribution in [0.1, 0.15) is 6.42 Å². The smallest absolute Gasteiger partial charge is 0.312 e. The third-order valence-corrected chi connectivity index (χ3v) is 2.93. The van der Waals surface area contributed by atoms with Crippen molar-refractivity contribution >= 4 is 11.8 Å². The molecule has 0 aromatic rings. The predicted molar refractivity (Wildman–Crippen MR) is 51.7 cm³/mol. The van der Waals surface area contributed by atoms with Crippen LogP contribution < -0.4 is 5.73 Å². The summed E-state index contributed by atoms with van der Waals surface area (Å²) < 4.78 is 5.22. The highest BCUT2D eigenvalue weighted by molar-refractivity contribution is 6.34. The summed E-state index contributed by atoms with van der Waals surface area (Å²) in [6.45, 7) is 3.63. The van der Waals surface area contributed by atoms with Crippen molar-refractivity contribution in [3.8, 4) is 0 Å². The SMILES string of the molecule is NC(=O)C(=O)N1CCC1N1CCOCC1. The van der Waals surface area contributed by atoms with Crippen molar-refractivity contribution in [3.05, 3.63) is 0 Å². The van der Waals surface area contributed by atoms with Crippen LogP contribution in [0.3, 0.4) is 0 Å². The average Bonchev–Trinajstić information content (AvgIpc) is 2.17. The Balaban J connectivity index is 1.93. The molecular weight excluding hydrogens is 198 g/mol. The van der Waals surface area contributed by atoms with Crippen LogP contribution in [0.4, 0.5) is 0 Å². The topological polar surface area (TPSA) is 75.9 Å². The van der Waals surface area contributed by atoms with Gasteiger partial charge in [0.2, 0.25) is 0 Å². The van der Waals surface area contributed by atoms with Gasteiger partial charge in [-0.2, -0.15) is 0 Å². The minimum atomic E-state index is -0.868. The van der Waals surface area contributed by atoms with Gasteiger partial charge in [0.15, 0.2) is 0 Å². The standard InChI is InChI=1S/C9H15N3O3/c10-8(13)9(14)12-2-1-7(12)11-3-5-15-6-4-11/h7H,1-6H2,(H2,10,13). The number of nitrogens with two attached hydrogens (primary N) is 1. The lowest BCUT2D eigenvalue weighted by Gasteiger charge is -2.47. The summed E-state index contributed by atoms with van der Waals surface area (Å²) in [6.07, 6.45) is 0.966. The summed E-state index contributed by atoms with van der Waals surface area (Å²) in [6, 6.07) is 0. The van der Waals surface area contributed by atoms with E-state index in [4.69, 9.17) is 10.5 Å². The zero-order valence-electron chi connectivity index (χ0n) is 8.52. The van der Waals surface area contributed by atoms with E-state index in [9.17, 15) is 9.59 Å². The van der Waals surface area contributed by atoms with Crippen molar-refractivity contribution in [2.75, 3.05) is 32.8 Å². The van der Waals surface area contributed by atoms with Crippen molar-refractivity contribution in [2.45, 2.75) is 12.6 Å². The molecule has 1 unspecified atom stereocenters. The van der Waals surface area contributed by atoms with Crippen LogP contribution in [-0.2, 0) is 14.3 Å². The number of primary amides is 1. The van der Waals surface area contributed by atoms with Gasteiger partial charge in [0, 0.05) is 19.6 Å². The first-order chi connectivity index (χ1) is 7.20. The Morgan fingerprint density at radius 3 is 2.33 bits per heavy atom. The second kappa shape index (κ2) is 4.16. The Labute approximate surface area is 87.9 Å². The summed E-state index contributed by atoms with van der Waals surface area (Å²) in [7, 11) is 0. The molecule has 2 fully saturated rings. The molecule has 0 spiro atoms. The summed E-state index contributed by atoms with van der Waals surface area (Å²) in [5.41, 5.74) is 4.96. The molecule has 2 amide bonds. The highest BCUT2D eigenvalue weighted by Gasteiger charge is 2.38. The van der Waals surface area contributed by atoms with Gasteiger partial charge in [-0.05, 0) is 6.42 Å². The zero-order valence-corrected chi connectivity index (χ0v) is 8.52. The van der Waals surface area contributed by atoms with Crippen LogP contribution in [0.15, 0.2) is 0 Å². The summed E-state index contributed by atoms with van der Waals surface area (Å²) in [5, 5.41) is 0. The highest BCUT2D eigenvalue weighted by atomic mass is 16.5. The minimum absolute atomic E-state index is 0.0499. The van der Waals surface area contributed by atoms with Crippen LogP contribution in [0.25, 0.3) is 0 Å². The molecule has 2 saturated heterocycles. The van der Waals surface area contributed by atoms with E-state index in [1.165, 1.54) is 4.90 Å². The van der Waals surface area contributed by atoms with Gasteiger partial charge in [0.1, 0.15) is 0 Å². The molecule has 6 heteroatoms. The molecule has 2 N–H and O–H groups in total. The predicted octanol–water partition coefficient (Wildman–Crippen LogP) is -1.64. The van der Waals surface area contributed by atoms with Gasteiger partial charge in [0.05, 0.1) is 19.4 Å². The monoisotopic (exact) mass is 213 g/mol. The Bertz CT molecular complexity index is 276. The number of hydrogen-bond donors (Lipinski definition) is 1. The minimum Gasteiger partial charge on any atom is -0.379 e. The number of rotatable bonds is 1. The maximum absolute atomic E-state index is 11.4. The van der Waals surface area contributed by atoms with Crippen molar-refractivity contribution in [2.24, 2.45) is 5.73 Å². The molecule has 2 heterocycles. The molecule has 0 bridgehead atoms. The fourth-order valence-electron chi connectivity index (χ4n) is 2.01. The first kappa shape index (κ1) is 10.4. The fraction of sp³-hybridized carbons (Fsp3) is 0.778. The molecule has 6 nitrogen and oxygen atoms in total. The number of amides is 2. The number of morpholine rings is 1. The molecule has 0 radical (unpaired) electrons. The van der Waals surface area contributed by atoms with E-state index in [1.54, 1.807) is 0 Å². The van der Waals surface area contributed by atoms with Crippen molar-refractivity contribution in [1.82, 2.24) is 9.80 Å². The maximum Gasteiger partial charge on any atom is 0.312 e. The van der Waals surface area contributed by atoms with Crippen molar-refractivity contribution in [1.29, 1.82) is 0 Å². The number of carbonyl (C=O) groups excluding carboxylic acids is 2. The van der Waals surface area contributed by atoms with E-state index in [1.807, 2.05) is 0 Å². The number of hydrogen-bond acceptors (Lipinski definition) is 4. The van der Waals surface area contributed by atoms with E-state index in [0.29, 0.717) is 19.8 Å². The normalized spacial score (nSPS) is 27.2. The maximum atomic E-state index is 11.4. The van der Waals surface area contributed by atoms with Gasteiger partial charge in [0.25, 0.3) is 0 Å². The Hall–Kier alpha value is -1.14. The van der Waals surface area contributed by atoms with Crippen LogP contribution in [0.5, 0.6) is 0 Å². The molecule has 0 aromatic carbocycles. The van der Waals surface area contributed by atoms with Gasteiger partial charge in [-0.15, -0.1) is 0 Å². The van der Waals surface area contributed by atoms with Gasteiger partial charge in [-0.25, -0.2) is 0 Å². The Morgan fingerprint density at radius 1 is 1.20 bits per heavy atom. The first-order valence-electron chi connectivity index (χ1n) is 5.12. The Kier molecular flexibility index (Phi) is 2.88. The van der Waals surface area contributed by atoms with Gasteiger partial charge in [-0.3, -0.25) is 14.5 Å². The van der Waals surface area contributed by atoms with Gasteiger partial charge < -0.3 is 15.4 Å². The van der Waals surface area contributed by atoms with Crippen molar-refractivity contribution in [3.63, 3.8) is 0 Å². The molecule has 2 aliphatic heterocycles. The van der Waals surface area contributed by atoms with Crippen LogP contribution in [0.2, 0.25) is 0 Å². The van der Waals surface area contributed by atoms with E-state index in [0.717, 1.165) is 19.5 Å². The van der Waals surface area contributed by atoms with Gasteiger partial charge >= 0.3 is 11.8 Å². The lowest BCUT2D eigenvalue weighted by Crippen LogP contribution is -2.63. The van der Waals surface area contributed by atoms with E-state index >= 15 is 0 Å². The second-order valence-corrected chi connectivity index (χ2v) is 3.78. The average molecular weight is 213 g/mol. The van der Waals surface area contributed by atoms with Crippen LogP contribution in [-0.4, -0.2) is 60.6 Å². The molecule has 15 heavy (non-hydrogen) atoms. The molecular formula is C9H15N3O3. The fourth-order valence-corrected chi connectivity index (χ4v) is 2.01. The van der Waals surface area contributed by atoms with Gasteiger partial charge in [-0.1, -0.05) is 0 Å². The van der Waals surface area contributed by atoms with E-state index in [-0.39, 0.29) is 6.17 Å². The molecule has 0 aromatic heterocycles. The Morgan fingerprint density at radius 2 is 1.87 bits per heavy atom. The molecule has 0 aliphatic carbocycles. The van der Waals surface area contributed by atoms with Crippen molar-refractivity contribution < 1.29 is 14.3 Å². The van der Waals surface area contributed by atoms with E-state index in [2.05, 4.69) is 4.90 Å². The molecule has 2 rings (SSSR count). The third-order valence-electron chi connectivity index (χ3n) is 2.93. The molecule has 2 aliphatic rings. The summed E-state index contributed by atoms with van der Waals surface area (Å²) >= 11 is 0. The first-order valence-corrected chi connectivity index (χ1v) is 5.12. The third kappa shape index (κ3) is 1.95. The summed E-state index contributed by atoms with van der Waals surface area (Å²) in [5.74, 6) is -1.44. The molecule has 1 atom stereocenters. The zero-order chi connectivity index (χ0) is 10.8. The molecule has 84 valence electrons. The lowest BCUT2D eigenvalue weighted by atomic mass is 10.1. The number of likely N-dealkylation sites (tertiary alicyclic amines) is 1. The second-order valence-electron chi connectivity index (χ2n) is 3.78. The van der Waals surface area contributed by atoms with Crippen LogP contribution in [0, 0.1) is 0 Å². The number of carbonyl (C=O) groups is 2. The number of nitrogens with zero attached hydrogens (tertiary/aromatic N) is 2. The summed E-state index contributed by atoms with van der Waals surface area (Å²) in [4.78, 5) is 25.8. The van der Waals surface area contributed by atoms with Crippen LogP contribution >= 0.6 is 0 Å². The number of ether oxygens (including phenoxy) is 1.